The molecule has 1 N–H and O–H groups in total. The SMILES string of the molecule is CNCc1c(C)cc(-c2ccc(C)cc2)cc1C.Cl. The van der Waals surface area contributed by atoms with Crippen LogP contribution in [-0.2, 0) is 6.54 Å². The van der Waals surface area contributed by atoms with Gasteiger partial charge in [0.1, 0.15) is 0 Å². The van der Waals surface area contributed by atoms with Crippen molar-refractivity contribution in [3.8, 4) is 11.1 Å². The first-order valence-electron chi connectivity index (χ1n) is 6.43. The lowest BCUT2D eigenvalue weighted by Gasteiger charge is -2.12. The van der Waals surface area contributed by atoms with Gasteiger partial charge in [-0.1, -0.05) is 42.0 Å². The predicted octanol–water partition coefficient (Wildman–Crippen LogP) is 4.42. The summed E-state index contributed by atoms with van der Waals surface area (Å²) < 4.78 is 0. The number of hydrogen-bond donors (Lipinski definition) is 1. The first-order chi connectivity index (χ1) is 8.61. The van der Waals surface area contributed by atoms with E-state index in [-0.39, 0.29) is 12.4 Å². The second kappa shape index (κ2) is 6.74. The third-order valence-corrected chi connectivity index (χ3v) is 3.43. The molecule has 0 fully saturated rings. The molecule has 0 heterocycles. The van der Waals surface area contributed by atoms with Crippen molar-refractivity contribution in [2.75, 3.05) is 7.05 Å². The van der Waals surface area contributed by atoms with Gasteiger partial charge in [0.25, 0.3) is 0 Å². The molecule has 0 aliphatic rings. The summed E-state index contributed by atoms with van der Waals surface area (Å²) in [7, 11) is 1.99. The van der Waals surface area contributed by atoms with Gasteiger partial charge in [-0.3, -0.25) is 0 Å². The Bertz CT molecular complexity index is 521. The Morgan fingerprint density at radius 3 is 1.84 bits per heavy atom. The average molecular weight is 276 g/mol. The van der Waals surface area contributed by atoms with E-state index in [4.69, 9.17) is 0 Å². The normalized spacial score (nSPS) is 10.1. The molecular formula is C17H22ClN. The molecule has 2 aromatic carbocycles. The van der Waals surface area contributed by atoms with Gasteiger partial charge in [-0.2, -0.15) is 0 Å². The molecule has 0 radical (unpaired) electrons. The van der Waals surface area contributed by atoms with E-state index in [9.17, 15) is 0 Å². The van der Waals surface area contributed by atoms with Gasteiger partial charge in [0.05, 0.1) is 0 Å². The molecule has 0 amide bonds. The highest BCUT2D eigenvalue weighted by Gasteiger charge is 2.05. The molecule has 19 heavy (non-hydrogen) atoms. The first-order valence-corrected chi connectivity index (χ1v) is 6.43. The summed E-state index contributed by atoms with van der Waals surface area (Å²) in [5.74, 6) is 0. The average Bonchev–Trinajstić information content (AvgIpc) is 2.34. The van der Waals surface area contributed by atoms with Crippen molar-refractivity contribution >= 4 is 12.4 Å². The molecule has 0 atom stereocenters. The Kier molecular flexibility index (Phi) is 5.59. The minimum Gasteiger partial charge on any atom is -0.316 e. The zero-order valence-electron chi connectivity index (χ0n) is 12.1. The zero-order chi connectivity index (χ0) is 13.1. The van der Waals surface area contributed by atoms with Gasteiger partial charge in [-0.05, 0) is 55.6 Å². The summed E-state index contributed by atoms with van der Waals surface area (Å²) in [6.45, 7) is 7.44. The largest absolute Gasteiger partial charge is 0.316 e. The molecule has 0 aliphatic heterocycles. The van der Waals surface area contributed by atoms with Crippen molar-refractivity contribution in [3.05, 3.63) is 58.7 Å². The van der Waals surface area contributed by atoms with E-state index >= 15 is 0 Å². The van der Waals surface area contributed by atoms with E-state index in [2.05, 4.69) is 62.5 Å². The number of aryl methyl sites for hydroxylation is 3. The number of benzene rings is 2. The van der Waals surface area contributed by atoms with Crippen LogP contribution in [0.5, 0.6) is 0 Å². The second-order valence-corrected chi connectivity index (χ2v) is 4.98. The molecule has 2 rings (SSSR count). The molecule has 102 valence electrons. The molecule has 2 aromatic rings. The highest BCUT2D eigenvalue weighted by Crippen LogP contribution is 2.25. The molecule has 0 spiro atoms. The molecule has 0 saturated heterocycles. The number of rotatable bonds is 3. The molecule has 0 aromatic heterocycles. The maximum absolute atomic E-state index is 3.23. The van der Waals surface area contributed by atoms with E-state index in [1.165, 1.54) is 33.4 Å². The van der Waals surface area contributed by atoms with Crippen molar-refractivity contribution in [1.29, 1.82) is 0 Å². The van der Waals surface area contributed by atoms with Crippen molar-refractivity contribution < 1.29 is 0 Å². The van der Waals surface area contributed by atoms with Gasteiger partial charge in [-0.15, -0.1) is 12.4 Å². The topological polar surface area (TPSA) is 12.0 Å². The number of hydrogen-bond acceptors (Lipinski definition) is 1. The Labute approximate surface area is 122 Å². The lowest BCUT2D eigenvalue weighted by molar-refractivity contribution is 0.806. The monoisotopic (exact) mass is 275 g/mol. The van der Waals surface area contributed by atoms with Crippen LogP contribution < -0.4 is 5.32 Å². The first kappa shape index (κ1) is 15.7. The summed E-state index contributed by atoms with van der Waals surface area (Å²) in [5, 5.41) is 3.23. The van der Waals surface area contributed by atoms with Crippen molar-refractivity contribution in [2.45, 2.75) is 27.3 Å². The van der Waals surface area contributed by atoms with Crippen LogP contribution in [0.15, 0.2) is 36.4 Å². The van der Waals surface area contributed by atoms with E-state index in [1.807, 2.05) is 7.05 Å². The van der Waals surface area contributed by atoms with Gasteiger partial charge in [0, 0.05) is 6.54 Å². The smallest absolute Gasteiger partial charge is 0.0207 e. The Morgan fingerprint density at radius 2 is 1.37 bits per heavy atom. The predicted molar refractivity (Wildman–Crippen MR) is 86.1 cm³/mol. The lowest BCUT2D eigenvalue weighted by atomic mass is 9.95. The third kappa shape index (κ3) is 3.59. The fourth-order valence-corrected chi connectivity index (χ4v) is 2.36. The number of nitrogens with one attached hydrogen (secondary N) is 1. The van der Waals surface area contributed by atoms with Crippen LogP contribution >= 0.6 is 12.4 Å². The van der Waals surface area contributed by atoms with E-state index in [0.717, 1.165) is 6.54 Å². The van der Waals surface area contributed by atoms with Crippen LogP contribution in [0.4, 0.5) is 0 Å². The standard InChI is InChI=1S/C17H21N.ClH/c1-12-5-7-15(8-6-12)16-9-13(2)17(11-18-4)14(3)10-16;/h5-10,18H,11H2,1-4H3;1H. The lowest BCUT2D eigenvalue weighted by Crippen LogP contribution is -2.08. The van der Waals surface area contributed by atoms with Crippen molar-refractivity contribution in [1.82, 2.24) is 5.32 Å². The quantitative estimate of drug-likeness (QED) is 0.874. The van der Waals surface area contributed by atoms with E-state index in [1.54, 1.807) is 0 Å². The second-order valence-electron chi connectivity index (χ2n) is 4.98. The summed E-state index contributed by atoms with van der Waals surface area (Å²) in [4.78, 5) is 0. The van der Waals surface area contributed by atoms with Crippen molar-refractivity contribution in [2.24, 2.45) is 0 Å². The Balaban J connectivity index is 0.00000180. The molecule has 0 unspecified atom stereocenters. The Morgan fingerprint density at radius 1 is 0.842 bits per heavy atom. The third-order valence-electron chi connectivity index (χ3n) is 3.43. The molecule has 0 aliphatic carbocycles. The van der Waals surface area contributed by atoms with E-state index in [0.29, 0.717) is 0 Å². The van der Waals surface area contributed by atoms with Crippen LogP contribution in [0.1, 0.15) is 22.3 Å². The van der Waals surface area contributed by atoms with Crippen LogP contribution in [-0.4, -0.2) is 7.05 Å². The molecular weight excluding hydrogens is 254 g/mol. The highest BCUT2D eigenvalue weighted by atomic mass is 35.5. The minimum absolute atomic E-state index is 0. The van der Waals surface area contributed by atoms with Gasteiger partial charge in [0.2, 0.25) is 0 Å². The van der Waals surface area contributed by atoms with Gasteiger partial charge in [0.15, 0.2) is 0 Å². The maximum Gasteiger partial charge on any atom is 0.0207 e. The molecule has 0 bridgehead atoms. The van der Waals surface area contributed by atoms with Crippen LogP contribution in [0.3, 0.4) is 0 Å². The van der Waals surface area contributed by atoms with Crippen LogP contribution in [0.2, 0.25) is 0 Å². The fraction of sp³-hybridized carbons (Fsp3) is 0.294. The molecule has 1 nitrogen and oxygen atoms in total. The fourth-order valence-electron chi connectivity index (χ4n) is 2.36. The summed E-state index contributed by atoms with van der Waals surface area (Å²) >= 11 is 0. The minimum atomic E-state index is 0. The molecule has 0 saturated carbocycles. The zero-order valence-corrected chi connectivity index (χ0v) is 12.9. The van der Waals surface area contributed by atoms with E-state index < -0.39 is 0 Å². The molecule has 2 heteroatoms. The summed E-state index contributed by atoms with van der Waals surface area (Å²) in [5.41, 5.74) is 8.04. The van der Waals surface area contributed by atoms with Gasteiger partial charge < -0.3 is 5.32 Å². The van der Waals surface area contributed by atoms with Crippen LogP contribution in [0.25, 0.3) is 11.1 Å². The van der Waals surface area contributed by atoms with Crippen LogP contribution in [0, 0.1) is 20.8 Å². The maximum atomic E-state index is 3.23. The highest BCUT2D eigenvalue weighted by molar-refractivity contribution is 5.85. The summed E-state index contributed by atoms with van der Waals surface area (Å²) in [6.07, 6.45) is 0. The van der Waals surface area contributed by atoms with Crippen molar-refractivity contribution in [3.63, 3.8) is 0 Å². The Hall–Kier alpha value is -1.31. The number of halogens is 1. The van der Waals surface area contributed by atoms with Gasteiger partial charge in [-0.25, -0.2) is 0 Å². The summed E-state index contributed by atoms with van der Waals surface area (Å²) in [6, 6.07) is 13.3. The van der Waals surface area contributed by atoms with Gasteiger partial charge >= 0.3 is 0 Å².